The minimum atomic E-state index is -1.10. The molecule has 1 aromatic rings. The first kappa shape index (κ1) is 13.9. The highest BCUT2D eigenvalue weighted by Gasteiger charge is 2.35. The maximum atomic E-state index is 10.8. The van der Waals surface area contributed by atoms with E-state index in [-0.39, 0.29) is 6.42 Å². The van der Waals surface area contributed by atoms with Crippen LogP contribution in [0, 0.1) is 0 Å². The lowest BCUT2D eigenvalue weighted by molar-refractivity contribution is -0.142. The van der Waals surface area contributed by atoms with Crippen molar-refractivity contribution >= 4 is 11.7 Å². The summed E-state index contributed by atoms with van der Waals surface area (Å²) in [6.45, 7) is 3.37. The van der Waals surface area contributed by atoms with Crippen molar-refractivity contribution in [1.29, 1.82) is 0 Å². The fourth-order valence-corrected chi connectivity index (χ4v) is 2.70. The van der Waals surface area contributed by atoms with Gasteiger partial charge in [0.25, 0.3) is 0 Å². The Balaban J connectivity index is 2.09. The number of aliphatic hydroxyl groups is 1. The molecule has 0 amide bonds. The van der Waals surface area contributed by atoms with Crippen molar-refractivity contribution in [3.05, 3.63) is 29.8 Å². The van der Waals surface area contributed by atoms with Crippen molar-refractivity contribution < 1.29 is 15.0 Å². The quantitative estimate of drug-likeness (QED) is 0.873. The van der Waals surface area contributed by atoms with Crippen LogP contribution < -0.4 is 4.90 Å². The molecule has 1 fully saturated rings. The number of rotatable bonds is 4. The number of β-amino-alcohol motifs (C(OH)–C–C–N with tert-alkyl or cyclic N) is 1. The van der Waals surface area contributed by atoms with Gasteiger partial charge in [-0.3, -0.25) is 4.79 Å². The van der Waals surface area contributed by atoms with Gasteiger partial charge < -0.3 is 15.1 Å². The molecule has 0 spiro atoms. The molecule has 1 aliphatic heterocycles. The van der Waals surface area contributed by atoms with E-state index in [4.69, 9.17) is 5.11 Å². The zero-order valence-corrected chi connectivity index (χ0v) is 11.3. The predicted molar refractivity (Wildman–Crippen MR) is 74.5 cm³/mol. The van der Waals surface area contributed by atoms with Gasteiger partial charge in [0.2, 0.25) is 0 Å². The summed E-state index contributed by atoms with van der Waals surface area (Å²) in [4.78, 5) is 12.9. The summed E-state index contributed by atoms with van der Waals surface area (Å²) in [6.07, 6.45) is 2.20. The highest BCUT2D eigenvalue weighted by Crippen LogP contribution is 2.28. The monoisotopic (exact) mass is 263 g/mol. The molecule has 2 N–H and O–H groups in total. The predicted octanol–water partition coefficient (Wildman–Crippen LogP) is 2.05. The Morgan fingerprint density at radius 1 is 1.37 bits per heavy atom. The van der Waals surface area contributed by atoms with Crippen molar-refractivity contribution in [2.24, 2.45) is 0 Å². The highest BCUT2D eigenvalue weighted by atomic mass is 16.4. The van der Waals surface area contributed by atoms with E-state index < -0.39 is 11.6 Å². The first-order valence-corrected chi connectivity index (χ1v) is 6.80. The molecule has 4 heteroatoms. The van der Waals surface area contributed by atoms with E-state index in [0.717, 1.165) is 25.1 Å². The number of nitrogens with zero attached hydrogens (tertiary/aromatic N) is 1. The van der Waals surface area contributed by atoms with Gasteiger partial charge in [-0.25, -0.2) is 0 Å². The van der Waals surface area contributed by atoms with Gasteiger partial charge in [0, 0.05) is 18.8 Å². The van der Waals surface area contributed by atoms with Crippen molar-refractivity contribution in [2.45, 2.75) is 38.2 Å². The number of hydrogen-bond acceptors (Lipinski definition) is 3. The van der Waals surface area contributed by atoms with Crippen LogP contribution in [0.4, 0.5) is 5.69 Å². The van der Waals surface area contributed by atoms with Crippen LogP contribution in [0.1, 0.15) is 31.7 Å². The molecule has 0 bridgehead atoms. The number of benzene rings is 1. The van der Waals surface area contributed by atoms with Crippen molar-refractivity contribution in [1.82, 2.24) is 0 Å². The summed E-state index contributed by atoms with van der Waals surface area (Å²) in [5, 5.41) is 19.2. The third-order valence-corrected chi connectivity index (χ3v) is 3.75. The van der Waals surface area contributed by atoms with Crippen molar-refractivity contribution in [3.63, 3.8) is 0 Å². The van der Waals surface area contributed by atoms with Gasteiger partial charge >= 0.3 is 5.97 Å². The zero-order valence-electron chi connectivity index (χ0n) is 11.3. The van der Waals surface area contributed by atoms with E-state index in [1.54, 1.807) is 0 Å². The second kappa shape index (κ2) is 5.61. The SMILES string of the molecule is CCc1ccc(N2CCCC(O)(CC(=O)O)C2)cc1. The fourth-order valence-electron chi connectivity index (χ4n) is 2.70. The van der Waals surface area contributed by atoms with E-state index >= 15 is 0 Å². The van der Waals surface area contributed by atoms with Gasteiger partial charge in [0.1, 0.15) is 0 Å². The molecule has 2 rings (SSSR count). The molecule has 19 heavy (non-hydrogen) atoms. The van der Waals surface area contributed by atoms with Gasteiger partial charge in [-0.05, 0) is 37.0 Å². The molecule has 1 saturated heterocycles. The van der Waals surface area contributed by atoms with E-state index in [0.29, 0.717) is 13.0 Å². The van der Waals surface area contributed by atoms with Crippen LogP contribution in [0.3, 0.4) is 0 Å². The Bertz CT molecular complexity index is 443. The van der Waals surface area contributed by atoms with Crippen LogP contribution in [0.2, 0.25) is 0 Å². The molecule has 1 aliphatic rings. The third kappa shape index (κ3) is 3.47. The van der Waals surface area contributed by atoms with Crippen LogP contribution in [0.5, 0.6) is 0 Å². The lowest BCUT2D eigenvalue weighted by Gasteiger charge is -2.39. The van der Waals surface area contributed by atoms with Gasteiger partial charge in [0.15, 0.2) is 0 Å². The standard InChI is InChI=1S/C15H21NO3/c1-2-12-4-6-13(7-5-12)16-9-3-8-15(19,11-16)10-14(17)18/h4-7,19H,2-3,8-11H2,1H3,(H,17,18). The molecular formula is C15H21NO3. The number of aryl methyl sites for hydroxylation is 1. The summed E-state index contributed by atoms with van der Waals surface area (Å²) in [7, 11) is 0. The van der Waals surface area contributed by atoms with Crippen LogP contribution in [0.15, 0.2) is 24.3 Å². The topological polar surface area (TPSA) is 60.8 Å². The molecule has 4 nitrogen and oxygen atoms in total. The van der Waals surface area contributed by atoms with E-state index in [1.165, 1.54) is 5.56 Å². The summed E-state index contributed by atoms with van der Waals surface area (Å²) in [5.74, 6) is -0.939. The lowest BCUT2D eigenvalue weighted by atomic mass is 9.89. The van der Waals surface area contributed by atoms with Gasteiger partial charge in [0.05, 0.1) is 12.0 Å². The molecule has 1 aromatic carbocycles. The van der Waals surface area contributed by atoms with Crippen molar-refractivity contribution in [2.75, 3.05) is 18.0 Å². The van der Waals surface area contributed by atoms with Gasteiger partial charge in [-0.2, -0.15) is 0 Å². The Morgan fingerprint density at radius 2 is 2.05 bits per heavy atom. The Labute approximate surface area is 113 Å². The molecule has 0 saturated carbocycles. The molecule has 0 aliphatic carbocycles. The first-order valence-electron chi connectivity index (χ1n) is 6.80. The minimum Gasteiger partial charge on any atom is -0.481 e. The number of anilines is 1. The van der Waals surface area contributed by atoms with Crippen LogP contribution in [0.25, 0.3) is 0 Å². The largest absolute Gasteiger partial charge is 0.481 e. The molecule has 1 unspecified atom stereocenters. The second-order valence-electron chi connectivity index (χ2n) is 5.34. The number of carboxylic acid groups (broad SMARTS) is 1. The summed E-state index contributed by atoms with van der Waals surface area (Å²) >= 11 is 0. The maximum absolute atomic E-state index is 10.8. The number of carboxylic acids is 1. The normalized spacial score (nSPS) is 23.4. The number of hydrogen-bond donors (Lipinski definition) is 2. The highest BCUT2D eigenvalue weighted by molar-refractivity contribution is 5.68. The first-order chi connectivity index (χ1) is 9.02. The average molecular weight is 263 g/mol. The summed E-state index contributed by atoms with van der Waals surface area (Å²) in [6, 6.07) is 8.26. The smallest absolute Gasteiger partial charge is 0.306 e. The van der Waals surface area contributed by atoms with Gasteiger partial charge in [-0.1, -0.05) is 19.1 Å². The number of aliphatic carboxylic acids is 1. The number of carbonyl (C=O) groups is 1. The third-order valence-electron chi connectivity index (χ3n) is 3.75. The zero-order chi connectivity index (χ0) is 13.9. The van der Waals surface area contributed by atoms with E-state index in [1.807, 2.05) is 12.1 Å². The minimum absolute atomic E-state index is 0.184. The average Bonchev–Trinajstić information content (AvgIpc) is 2.37. The van der Waals surface area contributed by atoms with Crippen molar-refractivity contribution in [3.8, 4) is 0 Å². The van der Waals surface area contributed by atoms with E-state index in [2.05, 4.69) is 24.0 Å². The van der Waals surface area contributed by atoms with Crippen LogP contribution in [-0.2, 0) is 11.2 Å². The molecule has 1 heterocycles. The van der Waals surface area contributed by atoms with E-state index in [9.17, 15) is 9.90 Å². The Morgan fingerprint density at radius 3 is 2.63 bits per heavy atom. The molecule has 1 atom stereocenters. The molecule has 0 aromatic heterocycles. The Hall–Kier alpha value is -1.55. The second-order valence-corrected chi connectivity index (χ2v) is 5.34. The molecular weight excluding hydrogens is 242 g/mol. The molecule has 104 valence electrons. The molecule has 0 radical (unpaired) electrons. The summed E-state index contributed by atoms with van der Waals surface area (Å²) < 4.78 is 0. The fraction of sp³-hybridized carbons (Fsp3) is 0.533. The Kier molecular flexibility index (Phi) is 4.10. The van der Waals surface area contributed by atoms with Crippen LogP contribution >= 0.6 is 0 Å². The maximum Gasteiger partial charge on any atom is 0.306 e. The van der Waals surface area contributed by atoms with Crippen LogP contribution in [-0.4, -0.2) is 34.9 Å². The van der Waals surface area contributed by atoms with Gasteiger partial charge in [-0.15, -0.1) is 0 Å². The number of piperidine rings is 1. The summed E-state index contributed by atoms with van der Waals surface area (Å²) in [5.41, 5.74) is 1.23. The lowest BCUT2D eigenvalue weighted by Crippen LogP contribution is -2.49.